The Morgan fingerprint density at radius 2 is 1.74 bits per heavy atom. The molecule has 2 N–H and O–H groups in total. The van der Waals surface area contributed by atoms with Crippen molar-refractivity contribution in [3.63, 3.8) is 0 Å². The normalized spacial score (nSPS) is 12.5. The number of halogens is 4. The van der Waals surface area contributed by atoms with E-state index in [9.17, 15) is 13.2 Å². The molecule has 1 atom stereocenters. The fourth-order valence-corrected chi connectivity index (χ4v) is 2.71. The molecular weight excluding hydrogens is 366 g/mol. The lowest BCUT2D eigenvalue weighted by Gasteiger charge is -2.14. The molecule has 19 heavy (non-hydrogen) atoms. The Labute approximate surface area is 122 Å². The molecule has 0 amide bonds. The number of hydrogen-bond donors (Lipinski definition) is 1. The van der Waals surface area contributed by atoms with Crippen LogP contribution < -0.4 is 5.73 Å². The van der Waals surface area contributed by atoms with Gasteiger partial charge in [0.05, 0.1) is 0 Å². The second-order valence-electron chi connectivity index (χ2n) is 4.22. The number of rotatable bonds is 3. The first kappa shape index (κ1) is 14.3. The van der Waals surface area contributed by atoms with Crippen molar-refractivity contribution in [2.24, 2.45) is 5.73 Å². The molecule has 0 aromatic heterocycles. The topological polar surface area (TPSA) is 26.0 Å². The van der Waals surface area contributed by atoms with E-state index in [1.165, 1.54) is 18.2 Å². The van der Waals surface area contributed by atoms with Gasteiger partial charge < -0.3 is 5.73 Å². The van der Waals surface area contributed by atoms with Crippen LogP contribution in [-0.2, 0) is 6.42 Å². The molecule has 0 spiro atoms. The van der Waals surface area contributed by atoms with Crippen LogP contribution in [0.4, 0.5) is 13.2 Å². The maximum absolute atomic E-state index is 13.1. The molecule has 2 rings (SSSR count). The smallest absolute Gasteiger partial charge is 0.159 e. The van der Waals surface area contributed by atoms with Crippen LogP contribution in [0.2, 0.25) is 0 Å². The second-order valence-corrected chi connectivity index (χ2v) is 5.39. The summed E-state index contributed by atoms with van der Waals surface area (Å²) >= 11 is 2.00. The van der Waals surface area contributed by atoms with E-state index in [2.05, 4.69) is 0 Å². The standard InChI is InChI=1S/C14H11F3IN/c15-9-2-3-10(13(18)7-9)14(19)6-8-1-4-11(16)12(17)5-8/h1-5,7,14H,6,19H2. The molecule has 1 nitrogen and oxygen atoms in total. The van der Waals surface area contributed by atoms with Crippen molar-refractivity contribution in [2.45, 2.75) is 12.5 Å². The summed E-state index contributed by atoms with van der Waals surface area (Å²) in [6.45, 7) is 0. The fourth-order valence-electron chi connectivity index (χ4n) is 1.83. The molecule has 0 aliphatic carbocycles. The monoisotopic (exact) mass is 377 g/mol. The summed E-state index contributed by atoms with van der Waals surface area (Å²) in [7, 11) is 0. The first-order valence-electron chi connectivity index (χ1n) is 5.62. The Hall–Kier alpha value is -1.08. The molecule has 0 heterocycles. The highest BCUT2D eigenvalue weighted by molar-refractivity contribution is 14.1. The van der Waals surface area contributed by atoms with Crippen molar-refractivity contribution in [3.05, 3.63) is 68.5 Å². The zero-order valence-electron chi connectivity index (χ0n) is 9.84. The van der Waals surface area contributed by atoms with E-state index in [-0.39, 0.29) is 5.82 Å². The summed E-state index contributed by atoms with van der Waals surface area (Å²) in [5, 5.41) is 0. The summed E-state index contributed by atoms with van der Waals surface area (Å²) in [5.74, 6) is -2.10. The van der Waals surface area contributed by atoms with E-state index < -0.39 is 17.7 Å². The van der Waals surface area contributed by atoms with Gasteiger partial charge in [0.25, 0.3) is 0 Å². The van der Waals surface area contributed by atoms with Gasteiger partial charge in [0.15, 0.2) is 11.6 Å². The predicted octanol–water partition coefficient (Wildman–Crippen LogP) is 3.95. The van der Waals surface area contributed by atoms with Gasteiger partial charge in [0.2, 0.25) is 0 Å². The van der Waals surface area contributed by atoms with E-state index in [1.807, 2.05) is 22.6 Å². The minimum atomic E-state index is -0.890. The Balaban J connectivity index is 2.20. The molecule has 2 aromatic carbocycles. The average Bonchev–Trinajstić information content (AvgIpc) is 2.33. The molecule has 0 aliphatic rings. The first-order chi connectivity index (χ1) is 8.97. The third-order valence-electron chi connectivity index (χ3n) is 2.80. The van der Waals surface area contributed by atoms with Gasteiger partial charge in [-0.25, -0.2) is 13.2 Å². The van der Waals surface area contributed by atoms with Crippen LogP contribution in [0.15, 0.2) is 36.4 Å². The Morgan fingerprint density at radius 3 is 2.37 bits per heavy atom. The summed E-state index contributed by atoms with van der Waals surface area (Å²) in [6.07, 6.45) is 0.360. The molecule has 2 aromatic rings. The summed E-state index contributed by atoms with van der Waals surface area (Å²) in [6, 6.07) is 7.65. The van der Waals surface area contributed by atoms with Crippen LogP contribution >= 0.6 is 22.6 Å². The lowest BCUT2D eigenvalue weighted by atomic mass is 9.99. The summed E-state index contributed by atoms with van der Waals surface area (Å²) < 4.78 is 39.6. The lowest BCUT2D eigenvalue weighted by molar-refractivity contribution is 0.506. The minimum Gasteiger partial charge on any atom is -0.324 e. The van der Waals surface area contributed by atoms with Crippen molar-refractivity contribution >= 4 is 22.6 Å². The van der Waals surface area contributed by atoms with Gasteiger partial charge in [-0.05, 0) is 64.4 Å². The maximum atomic E-state index is 13.1. The highest BCUT2D eigenvalue weighted by Crippen LogP contribution is 2.23. The number of hydrogen-bond acceptors (Lipinski definition) is 1. The number of nitrogens with two attached hydrogens (primary N) is 1. The highest BCUT2D eigenvalue weighted by atomic mass is 127. The number of benzene rings is 2. The Kier molecular flexibility index (Phi) is 4.46. The van der Waals surface area contributed by atoms with Crippen LogP contribution in [0, 0.1) is 21.0 Å². The average molecular weight is 377 g/mol. The molecular formula is C14H11F3IN. The quantitative estimate of drug-likeness (QED) is 0.806. The molecule has 0 aliphatic heterocycles. The Bertz CT molecular complexity index is 601. The van der Waals surface area contributed by atoms with Crippen molar-refractivity contribution < 1.29 is 13.2 Å². The van der Waals surface area contributed by atoms with Gasteiger partial charge in [-0.1, -0.05) is 12.1 Å². The van der Waals surface area contributed by atoms with E-state index in [1.54, 1.807) is 6.07 Å². The van der Waals surface area contributed by atoms with Gasteiger partial charge in [-0.3, -0.25) is 0 Å². The van der Waals surface area contributed by atoms with E-state index in [0.717, 1.165) is 17.7 Å². The largest absolute Gasteiger partial charge is 0.324 e. The van der Waals surface area contributed by atoms with Crippen molar-refractivity contribution in [2.75, 3.05) is 0 Å². The van der Waals surface area contributed by atoms with Crippen molar-refractivity contribution in [3.8, 4) is 0 Å². The first-order valence-corrected chi connectivity index (χ1v) is 6.69. The third kappa shape index (κ3) is 3.48. The van der Waals surface area contributed by atoms with Crippen molar-refractivity contribution in [1.29, 1.82) is 0 Å². The molecule has 0 fully saturated rings. The van der Waals surface area contributed by atoms with E-state index in [4.69, 9.17) is 5.73 Å². The van der Waals surface area contributed by atoms with Gasteiger partial charge in [0, 0.05) is 9.61 Å². The van der Waals surface area contributed by atoms with E-state index in [0.29, 0.717) is 15.6 Å². The van der Waals surface area contributed by atoms with Gasteiger partial charge in [-0.15, -0.1) is 0 Å². The predicted molar refractivity (Wildman–Crippen MR) is 76.1 cm³/mol. The molecule has 100 valence electrons. The van der Waals surface area contributed by atoms with Crippen LogP contribution in [0.3, 0.4) is 0 Å². The molecule has 5 heteroatoms. The van der Waals surface area contributed by atoms with Crippen molar-refractivity contribution in [1.82, 2.24) is 0 Å². The van der Waals surface area contributed by atoms with Gasteiger partial charge in [-0.2, -0.15) is 0 Å². The van der Waals surface area contributed by atoms with Gasteiger partial charge >= 0.3 is 0 Å². The van der Waals surface area contributed by atoms with E-state index >= 15 is 0 Å². The van der Waals surface area contributed by atoms with Crippen LogP contribution in [0.5, 0.6) is 0 Å². The molecule has 0 saturated heterocycles. The SMILES string of the molecule is NC(Cc1ccc(F)c(F)c1)c1ccc(F)cc1I. The maximum Gasteiger partial charge on any atom is 0.159 e. The van der Waals surface area contributed by atoms with Gasteiger partial charge in [0.1, 0.15) is 5.82 Å². The zero-order valence-corrected chi connectivity index (χ0v) is 12.0. The molecule has 0 saturated carbocycles. The minimum absolute atomic E-state index is 0.326. The molecule has 1 unspecified atom stereocenters. The van der Waals surface area contributed by atoms with Crippen LogP contribution in [-0.4, -0.2) is 0 Å². The lowest BCUT2D eigenvalue weighted by Crippen LogP contribution is -2.15. The second kappa shape index (κ2) is 5.92. The van der Waals surface area contributed by atoms with Crippen LogP contribution in [0.25, 0.3) is 0 Å². The third-order valence-corrected chi connectivity index (χ3v) is 3.74. The molecule has 0 bridgehead atoms. The fraction of sp³-hybridized carbons (Fsp3) is 0.143. The summed E-state index contributed by atoms with van der Waals surface area (Å²) in [5.41, 5.74) is 7.41. The summed E-state index contributed by atoms with van der Waals surface area (Å²) in [4.78, 5) is 0. The van der Waals surface area contributed by atoms with Crippen LogP contribution in [0.1, 0.15) is 17.2 Å². The Morgan fingerprint density at radius 1 is 1.00 bits per heavy atom. The highest BCUT2D eigenvalue weighted by Gasteiger charge is 2.12. The zero-order chi connectivity index (χ0) is 14.0. The molecule has 0 radical (unpaired) electrons.